The smallest absolute Gasteiger partial charge is 0.229 e. The van der Waals surface area contributed by atoms with Crippen molar-refractivity contribution in [3.63, 3.8) is 0 Å². The van der Waals surface area contributed by atoms with E-state index in [1.807, 2.05) is 98.8 Å². The molecular formula is C30H26ClN11. The Bertz CT molecular complexity index is 1960. The number of anilines is 6. The molecule has 0 unspecified atom stereocenters. The molecule has 7 rings (SSSR count). The number of aromatic nitrogens is 8. The Labute approximate surface area is 245 Å². The van der Waals surface area contributed by atoms with Crippen LogP contribution in [0.25, 0.3) is 21.8 Å². The van der Waals surface area contributed by atoms with Crippen molar-refractivity contribution in [3.8, 4) is 0 Å². The van der Waals surface area contributed by atoms with Gasteiger partial charge in [0.1, 0.15) is 18.0 Å². The second-order valence-electron chi connectivity index (χ2n) is 9.41. The van der Waals surface area contributed by atoms with Gasteiger partial charge in [-0.2, -0.15) is 15.2 Å². The maximum atomic E-state index is 5.93. The number of H-pyrrole nitrogens is 2. The molecule has 5 N–H and O–H groups in total. The highest BCUT2D eigenvalue weighted by Gasteiger charge is 2.10. The molecule has 0 bridgehead atoms. The fraction of sp³-hybridized carbons (Fsp3) is 0.0667. The van der Waals surface area contributed by atoms with Gasteiger partial charge in [-0.3, -0.25) is 10.2 Å². The monoisotopic (exact) mass is 575 g/mol. The maximum absolute atomic E-state index is 5.93. The molecule has 7 aromatic rings. The normalized spacial score (nSPS) is 10.7. The number of aromatic amines is 2. The minimum atomic E-state index is 0.496. The predicted molar refractivity (Wildman–Crippen MR) is 167 cm³/mol. The molecule has 0 aliphatic rings. The van der Waals surface area contributed by atoms with E-state index >= 15 is 0 Å². The molecular weight excluding hydrogens is 550 g/mol. The molecule has 0 aliphatic carbocycles. The number of fused-ring (bicyclic) bond motifs is 2. The molecule has 4 heterocycles. The largest absolute Gasteiger partial charge is 0.324 e. The molecule has 11 nitrogen and oxygen atoms in total. The van der Waals surface area contributed by atoms with Crippen molar-refractivity contribution < 1.29 is 0 Å². The lowest BCUT2D eigenvalue weighted by Gasteiger charge is -2.10. The van der Waals surface area contributed by atoms with Crippen molar-refractivity contribution in [3.05, 3.63) is 108 Å². The van der Waals surface area contributed by atoms with Gasteiger partial charge >= 0.3 is 0 Å². The first kappa shape index (κ1) is 26.7. The van der Waals surface area contributed by atoms with E-state index in [0.717, 1.165) is 50.5 Å². The van der Waals surface area contributed by atoms with E-state index in [1.54, 1.807) is 6.33 Å². The van der Waals surface area contributed by atoms with Crippen LogP contribution >= 0.6 is 11.6 Å². The van der Waals surface area contributed by atoms with E-state index in [2.05, 4.69) is 56.3 Å². The van der Waals surface area contributed by atoms with Gasteiger partial charge in [0.15, 0.2) is 11.6 Å². The summed E-state index contributed by atoms with van der Waals surface area (Å²) in [7, 11) is 0. The average molecular weight is 576 g/mol. The zero-order valence-electron chi connectivity index (χ0n) is 22.7. The zero-order chi connectivity index (χ0) is 28.9. The van der Waals surface area contributed by atoms with Crippen molar-refractivity contribution in [1.82, 2.24) is 40.3 Å². The van der Waals surface area contributed by atoms with E-state index in [-0.39, 0.29) is 0 Å². The van der Waals surface area contributed by atoms with Crippen LogP contribution in [0.15, 0.2) is 91.3 Å². The molecule has 0 aliphatic heterocycles. The average Bonchev–Trinajstić information content (AvgIpc) is 3.61. The Morgan fingerprint density at radius 1 is 0.619 bits per heavy atom. The van der Waals surface area contributed by atoms with E-state index in [4.69, 9.17) is 11.6 Å². The van der Waals surface area contributed by atoms with Gasteiger partial charge in [-0.25, -0.2) is 15.0 Å². The number of para-hydroxylation sites is 2. The predicted octanol–water partition coefficient (Wildman–Crippen LogP) is 7.21. The molecule has 0 fully saturated rings. The van der Waals surface area contributed by atoms with Gasteiger partial charge in [0.25, 0.3) is 0 Å². The number of aryl methyl sites for hydroxylation is 2. The minimum absolute atomic E-state index is 0.496. The first-order valence-corrected chi connectivity index (χ1v) is 13.5. The Morgan fingerprint density at radius 3 is 1.86 bits per heavy atom. The lowest BCUT2D eigenvalue weighted by molar-refractivity contribution is 1.05. The first-order chi connectivity index (χ1) is 20.5. The Kier molecular flexibility index (Phi) is 7.56. The highest BCUT2D eigenvalue weighted by atomic mass is 35.5. The van der Waals surface area contributed by atoms with Crippen molar-refractivity contribution in [2.75, 3.05) is 16.0 Å². The molecule has 0 spiro atoms. The van der Waals surface area contributed by atoms with Crippen LogP contribution in [0.4, 0.5) is 34.9 Å². The number of benzene rings is 3. The number of halogens is 1. The summed E-state index contributed by atoms with van der Waals surface area (Å²) >= 11 is 5.93. The highest BCUT2D eigenvalue weighted by molar-refractivity contribution is 6.30. The van der Waals surface area contributed by atoms with Gasteiger partial charge in [0.2, 0.25) is 5.95 Å². The van der Waals surface area contributed by atoms with Crippen LogP contribution in [-0.2, 0) is 0 Å². The first-order valence-electron chi connectivity index (χ1n) is 13.1. The summed E-state index contributed by atoms with van der Waals surface area (Å²) in [5.74, 6) is 3.41. The van der Waals surface area contributed by atoms with Crippen LogP contribution in [0.2, 0.25) is 5.02 Å². The summed E-state index contributed by atoms with van der Waals surface area (Å²) < 4.78 is 0. The van der Waals surface area contributed by atoms with Gasteiger partial charge in [0.05, 0.1) is 11.0 Å². The van der Waals surface area contributed by atoms with Gasteiger partial charge in [-0.15, -0.1) is 0 Å². The molecule has 42 heavy (non-hydrogen) atoms. The number of hydrogen-bond donors (Lipinski definition) is 5. The molecule has 4 aromatic heterocycles. The van der Waals surface area contributed by atoms with Crippen LogP contribution < -0.4 is 16.0 Å². The maximum Gasteiger partial charge on any atom is 0.229 e. The van der Waals surface area contributed by atoms with Crippen molar-refractivity contribution in [2.45, 2.75) is 13.8 Å². The third-order valence-electron chi connectivity index (χ3n) is 6.15. The molecule has 0 saturated heterocycles. The molecule has 12 heteroatoms. The summed E-state index contributed by atoms with van der Waals surface area (Å²) in [4.78, 5) is 17.6. The number of hydrogen-bond acceptors (Lipinski definition) is 9. The zero-order valence-corrected chi connectivity index (χ0v) is 23.5. The third-order valence-corrected chi connectivity index (χ3v) is 6.40. The van der Waals surface area contributed by atoms with Gasteiger partial charge in [-0.1, -0.05) is 35.9 Å². The van der Waals surface area contributed by atoms with E-state index in [0.29, 0.717) is 22.6 Å². The van der Waals surface area contributed by atoms with Crippen LogP contribution in [-0.4, -0.2) is 40.3 Å². The second-order valence-corrected chi connectivity index (χ2v) is 9.84. The minimum Gasteiger partial charge on any atom is -0.324 e. The molecule has 0 radical (unpaired) electrons. The van der Waals surface area contributed by atoms with Gasteiger partial charge in [-0.05, 0) is 62.4 Å². The summed E-state index contributed by atoms with van der Waals surface area (Å²) in [6.07, 6.45) is 1.55. The lowest BCUT2D eigenvalue weighted by Crippen LogP contribution is -2.02. The van der Waals surface area contributed by atoms with Crippen molar-refractivity contribution in [1.29, 1.82) is 0 Å². The Balaban J connectivity index is 0.000000162. The summed E-state index contributed by atoms with van der Waals surface area (Å²) in [5.41, 5.74) is 4.59. The summed E-state index contributed by atoms with van der Waals surface area (Å²) in [5, 5.41) is 26.3. The molecule has 208 valence electrons. The second kappa shape index (κ2) is 11.9. The Morgan fingerprint density at radius 2 is 1.21 bits per heavy atom. The summed E-state index contributed by atoms with van der Waals surface area (Å²) in [6.45, 7) is 3.90. The van der Waals surface area contributed by atoms with Crippen LogP contribution in [0, 0.1) is 13.8 Å². The van der Waals surface area contributed by atoms with Gasteiger partial charge < -0.3 is 16.0 Å². The molecule has 0 amide bonds. The number of rotatable bonds is 6. The number of nitrogens with one attached hydrogen (secondary N) is 5. The van der Waals surface area contributed by atoms with Gasteiger partial charge in [0, 0.05) is 45.0 Å². The third kappa shape index (κ3) is 6.26. The molecule has 3 aromatic carbocycles. The van der Waals surface area contributed by atoms with Crippen LogP contribution in [0.5, 0.6) is 0 Å². The highest BCUT2D eigenvalue weighted by Crippen LogP contribution is 2.26. The fourth-order valence-corrected chi connectivity index (χ4v) is 4.33. The molecule has 0 saturated carbocycles. The van der Waals surface area contributed by atoms with Crippen LogP contribution in [0.1, 0.15) is 11.4 Å². The van der Waals surface area contributed by atoms with E-state index < -0.39 is 0 Å². The summed E-state index contributed by atoms with van der Waals surface area (Å²) in [6, 6.07) is 26.9. The van der Waals surface area contributed by atoms with E-state index in [9.17, 15) is 0 Å². The topological polar surface area (TPSA) is 145 Å². The molecule has 0 atom stereocenters. The Hall–Kier alpha value is -5.55. The number of nitrogens with zero attached hydrogens (tertiary/aromatic N) is 6. The van der Waals surface area contributed by atoms with E-state index in [1.165, 1.54) is 0 Å². The fourth-order valence-electron chi connectivity index (χ4n) is 4.20. The SMILES string of the molecule is Cc1cc(Nc2nc(Nc3ccc(Cl)cc3)nc3ccccc23)n[nH]1.Cc1cc(Nc2ncnc3ccccc23)n[nH]1. The van der Waals surface area contributed by atoms with Crippen molar-refractivity contribution >= 4 is 68.3 Å². The lowest BCUT2D eigenvalue weighted by atomic mass is 10.2. The van der Waals surface area contributed by atoms with Crippen molar-refractivity contribution in [2.24, 2.45) is 0 Å². The standard InChI is InChI=1S/C18H15ClN6.C12H11N5/c1-11-10-16(25-24-11)22-17-14-4-2-3-5-15(14)21-18(23-17)20-13-8-6-12(19)7-9-13;1-8-6-11(17-16-8)15-12-9-4-2-3-5-10(9)13-7-14-12/h2-10H,1H3,(H3,20,21,22,23,24,25);2-7H,1H3,(H2,13,14,15,16,17). The van der Waals surface area contributed by atoms with Crippen LogP contribution in [0.3, 0.4) is 0 Å². The quantitative estimate of drug-likeness (QED) is 0.139.